The van der Waals surface area contributed by atoms with Gasteiger partial charge in [0.05, 0.1) is 0 Å². The van der Waals surface area contributed by atoms with Crippen molar-refractivity contribution in [2.75, 3.05) is 11.5 Å². The molecule has 0 radical (unpaired) electrons. The van der Waals surface area contributed by atoms with Gasteiger partial charge >= 0.3 is 0 Å². The van der Waals surface area contributed by atoms with Crippen LogP contribution in [0.25, 0.3) is 17.1 Å². The molecule has 3 rings (SSSR count). The second kappa shape index (κ2) is 4.86. The van der Waals surface area contributed by atoms with Crippen LogP contribution in [0, 0.1) is 12.7 Å². The Bertz CT molecular complexity index is 811. The molecule has 0 aliphatic carbocycles. The van der Waals surface area contributed by atoms with Crippen molar-refractivity contribution in [1.82, 2.24) is 20.2 Å². The largest absolute Gasteiger partial charge is 0.399 e. The number of hydrogen-bond donors (Lipinski definition) is 2. The third-order valence-corrected chi connectivity index (χ3v) is 3.12. The number of tetrazole rings is 1. The summed E-state index contributed by atoms with van der Waals surface area (Å²) >= 11 is 0. The van der Waals surface area contributed by atoms with E-state index >= 15 is 0 Å². The normalized spacial score (nSPS) is 10.8. The molecule has 3 aromatic rings. The highest BCUT2D eigenvalue weighted by Crippen LogP contribution is 2.27. The fraction of sp³-hybridized carbons (Fsp3) is 0.0714. The highest BCUT2D eigenvalue weighted by Gasteiger charge is 2.16. The van der Waals surface area contributed by atoms with Crippen molar-refractivity contribution in [1.29, 1.82) is 0 Å². The molecule has 0 atom stereocenters. The van der Waals surface area contributed by atoms with Gasteiger partial charge in [0.1, 0.15) is 11.5 Å². The van der Waals surface area contributed by atoms with Gasteiger partial charge in [-0.25, -0.2) is 4.39 Å². The zero-order valence-electron chi connectivity index (χ0n) is 11.3. The van der Waals surface area contributed by atoms with Gasteiger partial charge in [-0.05, 0) is 53.2 Å². The van der Waals surface area contributed by atoms with Crippen LogP contribution in [0.5, 0.6) is 0 Å². The number of rotatable bonds is 2. The minimum atomic E-state index is -0.414. The van der Waals surface area contributed by atoms with Crippen LogP contribution >= 0.6 is 0 Å². The molecule has 0 aliphatic rings. The SMILES string of the molecule is Cc1ccc(F)c(-n2nnnc2-c2ccc(N)cc2N)c1. The summed E-state index contributed by atoms with van der Waals surface area (Å²) < 4.78 is 15.3. The molecule has 0 amide bonds. The summed E-state index contributed by atoms with van der Waals surface area (Å²) in [4.78, 5) is 0. The van der Waals surface area contributed by atoms with E-state index in [0.29, 0.717) is 22.8 Å². The van der Waals surface area contributed by atoms with Crippen molar-refractivity contribution in [3.05, 3.63) is 47.8 Å². The second-order valence-electron chi connectivity index (χ2n) is 4.72. The maximum atomic E-state index is 14.0. The lowest BCUT2D eigenvalue weighted by Gasteiger charge is -2.09. The maximum absolute atomic E-state index is 14.0. The molecule has 2 aromatic carbocycles. The Kier molecular flexibility index (Phi) is 3.02. The van der Waals surface area contributed by atoms with Gasteiger partial charge in [0.25, 0.3) is 0 Å². The van der Waals surface area contributed by atoms with Crippen molar-refractivity contribution in [3.63, 3.8) is 0 Å². The summed E-state index contributed by atoms with van der Waals surface area (Å²) in [6.45, 7) is 1.87. The van der Waals surface area contributed by atoms with Crippen LogP contribution < -0.4 is 11.5 Å². The fourth-order valence-corrected chi connectivity index (χ4v) is 2.09. The predicted molar refractivity (Wildman–Crippen MR) is 78.1 cm³/mol. The third kappa shape index (κ3) is 2.29. The van der Waals surface area contributed by atoms with Gasteiger partial charge in [-0.3, -0.25) is 0 Å². The number of nitrogens with zero attached hydrogens (tertiary/aromatic N) is 4. The summed E-state index contributed by atoms with van der Waals surface area (Å²) in [7, 11) is 0. The van der Waals surface area contributed by atoms with Crippen LogP contribution in [0.1, 0.15) is 5.56 Å². The molecular weight excluding hydrogens is 271 g/mol. The van der Waals surface area contributed by atoms with E-state index in [9.17, 15) is 4.39 Å². The van der Waals surface area contributed by atoms with Crippen molar-refractivity contribution in [2.45, 2.75) is 6.92 Å². The first kappa shape index (κ1) is 13.0. The smallest absolute Gasteiger partial charge is 0.189 e. The van der Waals surface area contributed by atoms with Crippen LogP contribution in [-0.2, 0) is 0 Å². The van der Waals surface area contributed by atoms with Gasteiger partial charge in [0.15, 0.2) is 5.82 Å². The molecule has 1 aromatic heterocycles. The van der Waals surface area contributed by atoms with E-state index in [1.807, 2.05) is 6.92 Å². The maximum Gasteiger partial charge on any atom is 0.189 e. The fourth-order valence-electron chi connectivity index (χ4n) is 2.09. The van der Waals surface area contributed by atoms with Gasteiger partial charge < -0.3 is 11.5 Å². The monoisotopic (exact) mass is 284 g/mol. The summed E-state index contributed by atoms with van der Waals surface area (Å²) in [5.74, 6) is -0.0554. The molecule has 6 nitrogen and oxygen atoms in total. The Hall–Kier alpha value is -2.96. The van der Waals surface area contributed by atoms with Crippen molar-refractivity contribution in [2.24, 2.45) is 0 Å². The first-order valence-corrected chi connectivity index (χ1v) is 6.26. The molecule has 0 spiro atoms. The Labute approximate surface area is 120 Å². The molecule has 7 heteroatoms. The standard InChI is InChI=1S/C14H13FN6/c1-8-2-5-11(15)13(6-8)21-14(18-19-20-21)10-4-3-9(16)7-12(10)17/h2-7H,16-17H2,1H3. The summed E-state index contributed by atoms with van der Waals surface area (Å²) in [5.41, 5.74) is 14.4. The average Bonchev–Trinajstić information content (AvgIpc) is 2.90. The Balaban J connectivity index is 2.19. The highest BCUT2D eigenvalue weighted by molar-refractivity contribution is 5.75. The van der Waals surface area contributed by atoms with Gasteiger partial charge in [-0.1, -0.05) is 6.07 Å². The minimum absolute atomic E-state index is 0.270. The van der Waals surface area contributed by atoms with E-state index in [2.05, 4.69) is 15.5 Å². The number of nitrogens with two attached hydrogens (primary N) is 2. The first-order valence-electron chi connectivity index (χ1n) is 6.26. The minimum Gasteiger partial charge on any atom is -0.399 e. The predicted octanol–water partition coefficient (Wildman–Crippen LogP) is 1.94. The molecule has 0 saturated carbocycles. The highest BCUT2D eigenvalue weighted by atomic mass is 19.1. The lowest BCUT2D eigenvalue weighted by molar-refractivity contribution is 0.607. The molecule has 106 valence electrons. The van der Waals surface area contributed by atoms with Crippen LogP contribution in [0.3, 0.4) is 0 Å². The van der Waals surface area contributed by atoms with E-state index in [0.717, 1.165) is 5.56 Å². The number of nitrogen functional groups attached to an aromatic ring is 2. The summed E-state index contributed by atoms with van der Waals surface area (Å²) in [6, 6.07) is 9.74. The van der Waals surface area contributed by atoms with Crippen molar-refractivity contribution >= 4 is 11.4 Å². The molecule has 0 fully saturated rings. The molecule has 0 bridgehead atoms. The number of halogens is 1. The third-order valence-electron chi connectivity index (χ3n) is 3.12. The number of anilines is 2. The molecule has 0 saturated heterocycles. The first-order chi connectivity index (χ1) is 10.1. The van der Waals surface area contributed by atoms with E-state index in [4.69, 9.17) is 11.5 Å². The van der Waals surface area contributed by atoms with Crippen LogP contribution in [0.4, 0.5) is 15.8 Å². The molecular formula is C14H13FN6. The van der Waals surface area contributed by atoms with Crippen LogP contribution in [-0.4, -0.2) is 20.2 Å². The van der Waals surface area contributed by atoms with E-state index in [-0.39, 0.29) is 5.69 Å². The zero-order chi connectivity index (χ0) is 15.0. The lowest BCUT2D eigenvalue weighted by atomic mass is 10.1. The Morgan fingerprint density at radius 2 is 1.90 bits per heavy atom. The molecule has 0 aliphatic heterocycles. The summed E-state index contributed by atoms with van der Waals surface area (Å²) in [5, 5.41) is 11.4. The molecule has 21 heavy (non-hydrogen) atoms. The summed E-state index contributed by atoms with van der Waals surface area (Å²) in [6.07, 6.45) is 0. The Morgan fingerprint density at radius 3 is 2.67 bits per heavy atom. The van der Waals surface area contributed by atoms with E-state index < -0.39 is 5.82 Å². The van der Waals surface area contributed by atoms with E-state index in [1.165, 1.54) is 10.7 Å². The van der Waals surface area contributed by atoms with Crippen molar-refractivity contribution in [3.8, 4) is 17.1 Å². The quantitative estimate of drug-likeness (QED) is 0.701. The van der Waals surface area contributed by atoms with Gasteiger partial charge in [-0.2, -0.15) is 4.68 Å². The average molecular weight is 284 g/mol. The lowest BCUT2D eigenvalue weighted by Crippen LogP contribution is -2.04. The van der Waals surface area contributed by atoms with Crippen molar-refractivity contribution < 1.29 is 4.39 Å². The Morgan fingerprint density at radius 1 is 1.10 bits per heavy atom. The van der Waals surface area contributed by atoms with Gasteiger partial charge in [0.2, 0.25) is 0 Å². The second-order valence-corrected chi connectivity index (χ2v) is 4.72. The van der Waals surface area contributed by atoms with E-state index in [1.54, 1.807) is 30.3 Å². The number of aromatic nitrogens is 4. The topological polar surface area (TPSA) is 95.6 Å². The zero-order valence-corrected chi connectivity index (χ0v) is 11.3. The number of benzene rings is 2. The van der Waals surface area contributed by atoms with Crippen LogP contribution in [0.2, 0.25) is 0 Å². The van der Waals surface area contributed by atoms with Crippen LogP contribution in [0.15, 0.2) is 36.4 Å². The van der Waals surface area contributed by atoms with Gasteiger partial charge in [-0.15, -0.1) is 5.10 Å². The molecule has 4 N–H and O–H groups in total. The molecule has 0 unspecified atom stereocenters. The number of hydrogen-bond acceptors (Lipinski definition) is 5. The van der Waals surface area contributed by atoms with Gasteiger partial charge in [0, 0.05) is 16.9 Å². The number of aryl methyl sites for hydroxylation is 1. The molecule has 1 heterocycles.